The fraction of sp³-hybridized carbons (Fsp3) is 0.500. The molecule has 0 aliphatic rings. The second kappa shape index (κ2) is 4.31. The van der Waals surface area contributed by atoms with E-state index in [1.54, 1.807) is 6.92 Å². The van der Waals surface area contributed by atoms with Crippen molar-refractivity contribution in [2.45, 2.75) is 18.4 Å². The first kappa shape index (κ1) is 12.2. The quantitative estimate of drug-likeness (QED) is 0.772. The molecule has 86 valence electrons. The van der Waals surface area contributed by atoms with Crippen LogP contribution in [-0.2, 0) is 9.05 Å². The van der Waals surface area contributed by atoms with E-state index < -0.39 is 26.4 Å². The van der Waals surface area contributed by atoms with E-state index in [1.807, 2.05) is 0 Å². The number of aromatic nitrogens is 2. The Balaban J connectivity index is 3.24. The lowest BCUT2D eigenvalue weighted by Gasteiger charge is -1.98. The van der Waals surface area contributed by atoms with Crippen LogP contribution in [0.5, 0.6) is 5.88 Å². The van der Waals surface area contributed by atoms with Crippen LogP contribution in [0.25, 0.3) is 0 Å². The molecule has 9 heteroatoms. The molecule has 1 heterocycles. The van der Waals surface area contributed by atoms with Crippen LogP contribution in [0.2, 0.25) is 0 Å². The van der Waals surface area contributed by atoms with Crippen LogP contribution < -0.4 is 4.74 Å². The molecule has 0 aromatic carbocycles. The molecule has 1 aromatic rings. The first-order valence-electron chi connectivity index (χ1n) is 3.81. The number of alkyl halides is 2. The highest BCUT2D eigenvalue weighted by atomic mass is 35.7. The Morgan fingerprint density at radius 2 is 2.27 bits per heavy atom. The van der Waals surface area contributed by atoms with E-state index in [0.29, 0.717) is 6.20 Å². The van der Waals surface area contributed by atoms with Gasteiger partial charge in [0.25, 0.3) is 14.9 Å². The monoisotopic (exact) mass is 260 g/mol. The van der Waals surface area contributed by atoms with Gasteiger partial charge in [0.15, 0.2) is 4.90 Å². The van der Waals surface area contributed by atoms with Gasteiger partial charge in [0.2, 0.25) is 0 Å². The lowest BCUT2D eigenvalue weighted by molar-refractivity contribution is 0.0550. The van der Waals surface area contributed by atoms with Crippen LogP contribution in [0, 0.1) is 0 Å². The zero-order valence-corrected chi connectivity index (χ0v) is 9.10. The summed E-state index contributed by atoms with van der Waals surface area (Å²) in [5, 5.41) is 3.25. The number of rotatable bonds is 4. The van der Waals surface area contributed by atoms with Crippen molar-refractivity contribution >= 4 is 19.7 Å². The van der Waals surface area contributed by atoms with E-state index in [1.165, 1.54) is 0 Å². The smallest absolute Gasteiger partial charge is 0.333 e. The Kier molecular flexibility index (Phi) is 3.50. The van der Waals surface area contributed by atoms with Crippen LogP contribution in [0.1, 0.15) is 13.5 Å². The molecule has 1 aromatic heterocycles. The van der Waals surface area contributed by atoms with Crippen molar-refractivity contribution in [2.75, 3.05) is 6.61 Å². The lowest BCUT2D eigenvalue weighted by Crippen LogP contribution is -1.99. The van der Waals surface area contributed by atoms with Gasteiger partial charge in [0.1, 0.15) is 0 Å². The molecule has 0 spiro atoms. The van der Waals surface area contributed by atoms with Crippen molar-refractivity contribution in [3.05, 3.63) is 6.20 Å². The maximum Gasteiger partial charge on any atom is 0.333 e. The normalized spacial score (nSPS) is 12.1. The molecule has 0 aliphatic carbocycles. The average Bonchev–Trinajstić information content (AvgIpc) is 2.48. The second-order valence-electron chi connectivity index (χ2n) is 2.43. The van der Waals surface area contributed by atoms with Crippen molar-refractivity contribution in [3.8, 4) is 5.88 Å². The van der Waals surface area contributed by atoms with Gasteiger partial charge in [-0.05, 0) is 6.92 Å². The van der Waals surface area contributed by atoms with Gasteiger partial charge < -0.3 is 4.74 Å². The van der Waals surface area contributed by atoms with E-state index in [9.17, 15) is 17.2 Å². The molecule has 0 fully saturated rings. The number of hydrogen-bond donors (Lipinski definition) is 0. The lowest BCUT2D eigenvalue weighted by atomic mass is 10.7. The third-order valence-electron chi connectivity index (χ3n) is 1.41. The minimum Gasteiger partial charge on any atom is -0.476 e. The van der Waals surface area contributed by atoms with Crippen LogP contribution >= 0.6 is 10.7 Å². The molecule has 0 bridgehead atoms. The molecule has 0 radical (unpaired) electrons. The van der Waals surface area contributed by atoms with E-state index >= 15 is 0 Å². The summed E-state index contributed by atoms with van der Waals surface area (Å²) in [4.78, 5) is -0.564. The molecule has 15 heavy (non-hydrogen) atoms. The van der Waals surface area contributed by atoms with Gasteiger partial charge >= 0.3 is 6.55 Å². The maximum absolute atomic E-state index is 12.2. The summed E-state index contributed by atoms with van der Waals surface area (Å²) in [5.41, 5.74) is 0. The minimum absolute atomic E-state index is 0.0969. The summed E-state index contributed by atoms with van der Waals surface area (Å²) >= 11 is 0. The van der Waals surface area contributed by atoms with Crippen LogP contribution in [0.3, 0.4) is 0 Å². The zero-order valence-electron chi connectivity index (χ0n) is 7.52. The van der Waals surface area contributed by atoms with Crippen molar-refractivity contribution in [3.63, 3.8) is 0 Å². The van der Waals surface area contributed by atoms with Gasteiger partial charge in [-0.2, -0.15) is 8.78 Å². The van der Waals surface area contributed by atoms with E-state index in [-0.39, 0.29) is 11.3 Å². The Morgan fingerprint density at radius 1 is 1.67 bits per heavy atom. The summed E-state index contributed by atoms with van der Waals surface area (Å²) in [6, 6.07) is 0. The van der Waals surface area contributed by atoms with Gasteiger partial charge in [-0.15, -0.1) is 5.10 Å². The second-order valence-corrected chi connectivity index (χ2v) is 4.96. The number of ether oxygens (including phenoxy) is 1. The van der Waals surface area contributed by atoms with Crippen molar-refractivity contribution in [2.24, 2.45) is 0 Å². The first-order chi connectivity index (χ1) is 6.86. The van der Waals surface area contributed by atoms with Crippen molar-refractivity contribution in [1.29, 1.82) is 0 Å². The van der Waals surface area contributed by atoms with E-state index in [4.69, 9.17) is 15.4 Å². The third-order valence-corrected chi connectivity index (χ3v) is 2.71. The van der Waals surface area contributed by atoms with Crippen LogP contribution in [0.4, 0.5) is 8.78 Å². The number of hydrogen-bond acceptors (Lipinski definition) is 4. The highest BCUT2D eigenvalue weighted by Gasteiger charge is 2.23. The molecule has 0 saturated heterocycles. The van der Waals surface area contributed by atoms with Gasteiger partial charge in [-0.1, -0.05) is 0 Å². The molecule has 0 unspecified atom stereocenters. The maximum atomic E-state index is 12.2. The zero-order chi connectivity index (χ0) is 11.6. The molecular weight excluding hydrogens is 254 g/mol. The Bertz CT molecular complexity index is 445. The van der Waals surface area contributed by atoms with Crippen LogP contribution in [-0.4, -0.2) is 24.8 Å². The summed E-state index contributed by atoms with van der Waals surface area (Å²) < 4.78 is 51.2. The van der Waals surface area contributed by atoms with Crippen molar-refractivity contribution < 1.29 is 21.9 Å². The summed E-state index contributed by atoms with van der Waals surface area (Å²) in [6.45, 7) is -1.29. The van der Waals surface area contributed by atoms with Gasteiger partial charge in [0, 0.05) is 10.7 Å². The molecule has 0 N–H and O–H groups in total. The predicted octanol–water partition coefficient (Wildman–Crippen LogP) is 1.60. The van der Waals surface area contributed by atoms with Gasteiger partial charge in [0.05, 0.1) is 12.8 Å². The molecule has 0 aliphatic heterocycles. The summed E-state index contributed by atoms with van der Waals surface area (Å²) in [5.74, 6) is -0.423. The van der Waals surface area contributed by atoms with Crippen molar-refractivity contribution in [1.82, 2.24) is 9.78 Å². The van der Waals surface area contributed by atoms with Gasteiger partial charge in [-0.3, -0.25) is 0 Å². The SMILES string of the molecule is CCOc1nn(C(F)F)cc1S(=O)(=O)Cl. The summed E-state index contributed by atoms with van der Waals surface area (Å²) in [7, 11) is 0.874. The fourth-order valence-corrected chi connectivity index (χ4v) is 1.72. The minimum atomic E-state index is -4.14. The Morgan fingerprint density at radius 3 is 2.67 bits per heavy atom. The standard InChI is InChI=1S/C6H7ClF2N2O3S/c1-2-14-5-4(15(7,12)13)3-11(10-5)6(8)9/h3,6H,2H2,1H3. The first-order valence-corrected chi connectivity index (χ1v) is 6.12. The molecule has 0 atom stereocenters. The fourth-order valence-electron chi connectivity index (χ4n) is 0.862. The van der Waals surface area contributed by atoms with Gasteiger partial charge in [-0.25, -0.2) is 13.1 Å². The molecule has 0 amide bonds. The molecule has 0 saturated carbocycles. The van der Waals surface area contributed by atoms with Crippen LogP contribution in [0.15, 0.2) is 11.1 Å². The average molecular weight is 261 g/mol. The van der Waals surface area contributed by atoms with E-state index in [0.717, 1.165) is 0 Å². The molecule has 1 rings (SSSR count). The predicted molar refractivity (Wildman–Crippen MR) is 47.7 cm³/mol. The number of halogens is 3. The molecule has 5 nitrogen and oxygen atoms in total. The van der Waals surface area contributed by atoms with E-state index in [2.05, 4.69) is 5.10 Å². The molecular formula is C6H7ClF2N2O3S. The number of nitrogens with zero attached hydrogens (tertiary/aromatic N) is 2. The topological polar surface area (TPSA) is 61.2 Å². The highest BCUT2D eigenvalue weighted by Crippen LogP contribution is 2.27. The Hall–Kier alpha value is -0.890. The Labute approximate surface area is 89.0 Å². The largest absolute Gasteiger partial charge is 0.476 e. The summed E-state index contributed by atoms with van der Waals surface area (Å²) in [6.07, 6.45) is 0.623. The third kappa shape index (κ3) is 2.78. The highest BCUT2D eigenvalue weighted by molar-refractivity contribution is 8.13.